The van der Waals surface area contributed by atoms with Crippen LogP contribution in [0.3, 0.4) is 0 Å². The standard InChI is InChI=1S/C30H41FN6O4/c1-17(2)36-15-22-25(32-13-23(31)26(22)34-36)21-16-37(33-24(21)19-9-10-19)20-11-18(12-20)14-35(27(38)40-29(3,4)5)28(39)41-30(6,7)8/h13,15-20H,9-12,14H2,1-8H3. The van der Waals surface area contributed by atoms with Crippen molar-refractivity contribution in [3.63, 3.8) is 0 Å². The van der Waals surface area contributed by atoms with Crippen LogP contribution in [0.4, 0.5) is 14.0 Å². The van der Waals surface area contributed by atoms with E-state index in [1.165, 1.54) is 6.20 Å². The Kier molecular flexibility index (Phi) is 7.36. The van der Waals surface area contributed by atoms with Gasteiger partial charge in [0.2, 0.25) is 0 Å². The lowest BCUT2D eigenvalue weighted by atomic mass is 9.80. The number of aromatic nitrogens is 5. The van der Waals surface area contributed by atoms with Crippen molar-refractivity contribution >= 4 is 23.1 Å². The minimum atomic E-state index is -0.740. The van der Waals surface area contributed by atoms with E-state index in [2.05, 4.69) is 10.1 Å². The van der Waals surface area contributed by atoms with Crippen LogP contribution < -0.4 is 0 Å². The SMILES string of the molecule is CC(C)n1cc2c(-c3cn(C4CC(CN(C(=O)OC(C)(C)C)C(=O)OC(C)(C)C)C4)nc3C3CC3)ncc(F)c2n1. The molecule has 2 fully saturated rings. The molecule has 0 unspecified atom stereocenters. The molecule has 0 radical (unpaired) electrons. The van der Waals surface area contributed by atoms with Gasteiger partial charge in [-0.25, -0.2) is 18.9 Å². The first-order chi connectivity index (χ1) is 19.1. The normalized spacial score (nSPS) is 19.4. The zero-order valence-electron chi connectivity index (χ0n) is 25.3. The summed E-state index contributed by atoms with van der Waals surface area (Å²) in [7, 11) is 0. The highest BCUT2D eigenvalue weighted by atomic mass is 19.1. The summed E-state index contributed by atoms with van der Waals surface area (Å²) in [6.07, 6.45) is 7.31. The number of amides is 2. The van der Waals surface area contributed by atoms with Crippen molar-refractivity contribution in [2.24, 2.45) is 5.92 Å². The molecule has 2 aliphatic carbocycles. The van der Waals surface area contributed by atoms with Gasteiger partial charge in [-0.2, -0.15) is 10.2 Å². The number of carbonyl (C=O) groups is 2. The summed E-state index contributed by atoms with van der Waals surface area (Å²) in [6, 6.07) is 0.202. The van der Waals surface area contributed by atoms with Crippen LogP contribution in [0.15, 0.2) is 18.6 Å². The number of ether oxygens (including phenoxy) is 2. The van der Waals surface area contributed by atoms with Crippen LogP contribution in [-0.4, -0.2) is 59.4 Å². The Labute approximate surface area is 240 Å². The molecule has 0 spiro atoms. The van der Waals surface area contributed by atoms with Gasteiger partial charge < -0.3 is 9.47 Å². The van der Waals surface area contributed by atoms with Crippen LogP contribution in [0.2, 0.25) is 0 Å². The molecule has 0 atom stereocenters. The van der Waals surface area contributed by atoms with E-state index in [1.54, 1.807) is 46.2 Å². The number of halogens is 1. The quantitative estimate of drug-likeness (QED) is 0.315. The van der Waals surface area contributed by atoms with E-state index in [0.717, 1.165) is 41.8 Å². The van der Waals surface area contributed by atoms with Crippen molar-refractivity contribution in [3.8, 4) is 11.3 Å². The number of fused-ring (bicyclic) bond motifs is 1. The maximum Gasteiger partial charge on any atom is 0.419 e. The maximum atomic E-state index is 14.6. The first kappa shape index (κ1) is 29.0. The molecular formula is C30H41FN6O4. The molecule has 5 rings (SSSR count). The van der Waals surface area contributed by atoms with Crippen molar-refractivity contribution < 1.29 is 23.5 Å². The summed E-state index contributed by atoms with van der Waals surface area (Å²) in [5.41, 5.74) is 1.42. The average molecular weight is 569 g/mol. The lowest BCUT2D eigenvalue weighted by molar-refractivity contribution is -0.00641. The smallest absolute Gasteiger partial charge is 0.419 e. The van der Waals surface area contributed by atoms with Crippen molar-refractivity contribution in [1.29, 1.82) is 0 Å². The van der Waals surface area contributed by atoms with Crippen molar-refractivity contribution in [2.45, 2.75) is 110 Å². The Morgan fingerprint density at radius 3 is 2.17 bits per heavy atom. The van der Waals surface area contributed by atoms with Crippen LogP contribution in [-0.2, 0) is 9.47 Å². The predicted octanol–water partition coefficient (Wildman–Crippen LogP) is 7.02. The van der Waals surface area contributed by atoms with E-state index in [9.17, 15) is 14.0 Å². The molecule has 10 nitrogen and oxygen atoms in total. The molecule has 11 heteroatoms. The molecule has 3 aromatic rings. The predicted molar refractivity (Wildman–Crippen MR) is 152 cm³/mol. The molecule has 2 amide bonds. The van der Waals surface area contributed by atoms with E-state index in [0.29, 0.717) is 22.5 Å². The van der Waals surface area contributed by atoms with Gasteiger partial charge in [-0.15, -0.1) is 0 Å². The first-order valence-electron chi connectivity index (χ1n) is 14.5. The molecule has 0 N–H and O–H groups in total. The van der Waals surface area contributed by atoms with Crippen molar-refractivity contribution in [1.82, 2.24) is 29.4 Å². The van der Waals surface area contributed by atoms with Gasteiger partial charge in [-0.3, -0.25) is 14.3 Å². The topological polar surface area (TPSA) is 104 Å². The van der Waals surface area contributed by atoms with E-state index < -0.39 is 29.2 Å². The zero-order valence-corrected chi connectivity index (χ0v) is 25.3. The second kappa shape index (κ2) is 10.4. The van der Waals surface area contributed by atoms with Crippen LogP contribution in [0.25, 0.3) is 22.2 Å². The van der Waals surface area contributed by atoms with Gasteiger partial charge in [0.25, 0.3) is 0 Å². The van der Waals surface area contributed by atoms with Gasteiger partial charge in [0.05, 0.1) is 23.6 Å². The monoisotopic (exact) mass is 568 g/mol. The second-order valence-corrected chi connectivity index (χ2v) is 13.7. The maximum absolute atomic E-state index is 14.6. The Morgan fingerprint density at radius 2 is 1.63 bits per heavy atom. The van der Waals surface area contributed by atoms with Gasteiger partial charge >= 0.3 is 12.2 Å². The number of pyridine rings is 1. The summed E-state index contributed by atoms with van der Waals surface area (Å²) < 4.78 is 29.4. The van der Waals surface area contributed by atoms with Crippen LogP contribution in [0.1, 0.15) is 105 Å². The highest BCUT2D eigenvalue weighted by Crippen LogP contribution is 2.46. The van der Waals surface area contributed by atoms with E-state index >= 15 is 0 Å². The van der Waals surface area contributed by atoms with Gasteiger partial charge in [-0.1, -0.05) is 0 Å². The van der Waals surface area contributed by atoms with Crippen molar-refractivity contribution in [3.05, 3.63) is 30.1 Å². The molecule has 3 heterocycles. The molecule has 0 aromatic carbocycles. The number of rotatable bonds is 6. The second-order valence-electron chi connectivity index (χ2n) is 13.7. The summed E-state index contributed by atoms with van der Waals surface area (Å²) >= 11 is 0. The first-order valence-corrected chi connectivity index (χ1v) is 14.5. The summed E-state index contributed by atoms with van der Waals surface area (Å²) in [4.78, 5) is 31.4. The third kappa shape index (κ3) is 6.38. The van der Waals surface area contributed by atoms with Crippen LogP contribution in [0.5, 0.6) is 0 Å². The van der Waals surface area contributed by atoms with Gasteiger partial charge in [0.15, 0.2) is 5.82 Å². The lowest BCUT2D eigenvalue weighted by Crippen LogP contribution is -2.47. The highest BCUT2D eigenvalue weighted by molar-refractivity contribution is 5.93. The van der Waals surface area contributed by atoms with E-state index in [1.807, 2.05) is 30.9 Å². The molecule has 0 bridgehead atoms. The fourth-order valence-corrected chi connectivity index (χ4v) is 5.09. The number of nitrogens with zero attached hydrogens (tertiary/aromatic N) is 6. The minimum Gasteiger partial charge on any atom is -0.443 e. The largest absolute Gasteiger partial charge is 0.443 e. The van der Waals surface area contributed by atoms with Crippen LogP contribution >= 0.6 is 0 Å². The number of hydrogen-bond acceptors (Lipinski definition) is 7. The fraction of sp³-hybridized carbons (Fsp3) is 0.633. The molecule has 41 heavy (non-hydrogen) atoms. The Balaban J connectivity index is 1.36. The summed E-state index contributed by atoms with van der Waals surface area (Å²) in [6.45, 7) is 14.8. The average Bonchev–Trinajstić information content (AvgIpc) is 3.39. The molecule has 3 aromatic heterocycles. The third-order valence-electron chi connectivity index (χ3n) is 7.28. The van der Waals surface area contributed by atoms with Gasteiger partial charge in [0, 0.05) is 41.8 Å². The van der Waals surface area contributed by atoms with E-state index in [-0.39, 0.29) is 24.5 Å². The Morgan fingerprint density at radius 1 is 1.02 bits per heavy atom. The van der Waals surface area contributed by atoms with Gasteiger partial charge in [-0.05, 0) is 87.0 Å². The molecular weight excluding hydrogens is 527 g/mol. The number of hydrogen-bond donors (Lipinski definition) is 0. The highest BCUT2D eigenvalue weighted by Gasteiger charge is 2.40. The Hall–Kier alpha value is -3.50. The van der Waals surface area contributed by atoms with E-state index in [4.69, 9.17) is 14.6 Å². The minimum absolute atomic E-state index is 0.0805. The summed E-state index contributed by atoms with van der Waals surface area (Å²) in [5.74, 6) is 0.000800. The number of imide groups is 1. The zero-order chi connectivity index (χ0) is 29.9. The van der Waals surface area contributed by atoms with Crippen molar-refractivity contribution in [2.75, 3.05) is 6.54 Å². The Bertz CT molecular complexity index is 1430. The number of carbonyl (C=O) groups excluding carboxylic acids is 2. The molecule has 2 aliphatic rings. The molecule has 0 aliphatic heterocycles. The van der Waals surface area contributed by atoms with Gasteiger partial charge in [0.1, 0.15) is 16.7 Å². The molecule has 222 valence electrons. The fourth-order valence-electron chi connectivity index (χ4n) is 5.09. The lowest BCUT2D eigenvalue weighted by Gasteiger charge is -2.38. The summed E-state index contributed by atoms with van der Waals surface area (Å²) in [5, 5.41) is 10.1. The third-order valence-corrected chi connectivity index (χ3v) is 7.28. The van der Waals surface area contributed by atoms with Crippen LogP contribution in [0, 0.1) is 11.7 Å². The molecule has 0 saturated heterocycles. The molecule has 2 saturated carbocycles.